The lowest BCUT2D eigenvalue weighted by molar-refractivity contribution is -0.121. The number of rotatable bonds is 5. The van der Waals surface area contributed by atoms with Crippen LogP contribution in [0, 0.1) is 0 Å². The molecule has 1 amide bonds. The van der Waals surface area contributed by atoms with Gasteiger partial charge in [0.1, 0.15) is 0 Å². The molecule has 160 valence electrons. The van der Waals surface area contributed by atoms with Crippen LogP contribution in [0.25, 0.3) is 10.8 Å². The molecule has 1 N–H and O–H groups in total. The summed E-state index contributed by atoms with van der Waals surface area (Å²) in [6.07, 6.45) is 0. The third kappa shape index (κ3) is 4.22. The molecule has 2 heterocycles. The second-order valence-corrected chi connectivity index (χ2v) is 8.19. The maximum absolute atomic E-state index is 12.9. The van der Waals surface area contributed by atoms with Gasteiger partial charge in [-0.15, -0.1) is 0 Å². The topological polar surface area (TPSA) is 54.0 Å². The molecule has 1 fully saturated rings. The largest absolute Gasteiger partial charge is 0.454 e. The summed E-state index contributed by atoms with van der Waals surface area (Å²) in [4.78, 5) is 17.6. The van der Waals surface area contributed by atoms with Crippen molar-refractivity contribution in [3.8, 4) is 11.5 Å². The summed E-state index contributed by atoms with van der Waals surface area (Å²) >= 11 is 0. The molecule has 0 aromatic heterocycles. The van der Waals surface area contributed by atoms with Gasteiger partial charge in [0.25, 0.3) is 0 Å². The van der Waals surface area contributed by atoms with Crippen LogP contribution < -0.4 is 14.8 Å². The molecule has 31 heavy (non-hydrogen) atoms. The molecular weight excluding hydrogens is 390 g/mol. The molecule has 0 bridgehead atoms. The fourth-order valence-corrected chi connectivity index (χ4v) is 4.34. The average molecular weight is 418 g/mol. The molecule has 6 nitrogen and oxygen atoms in total. The Labute approximate surface area is 182 Å². The number of nitrogens with one attached hydrogen (secondary N) is 1. The molecule has 0 aliphatic carbocycles. The zero-order valence-corrected chi connectivity index (χ0v) is 17.7. The molecule has 2 aliphatic rings. The Morgan fingerprint density at radius 3 is 2.61 bits per heavy atom. The van der Waals surface area contributed by atoms with Crippen molar-refractivity contribution in [2.24, 2.45) is 0 Å². The van der Waals surface area contributed by atoms with Crippen LogP contribution in [-0.2, 0) is 11.3 Å². The molecule has 1 atom stereocenters. The zero-order chi connectivity index (χ0) is 21.2. The standard InChI is InChI=1S/C25H27N3O3/c1-18(25(29)26-22-8-4-6-20-5-2-3-7-21(20)22)28-13-11-27(12-14-28)16-19-9-10-23-24(15-19)31-17-30-23/h2-10,15,18H,11-14,16-17H2,1H3,(H,26,29). The third-order valence-corrected chi connectivity index (χ3v) is 6.22. The first-order valence-electron chi connectivity index (χ1n) is 10.8. The molecule has 6 heteroatoms. The number of anilines is 1. The molecule has 3 aromatic rings. The number of piperazine rings is 1. The van der Waals surface area contributed by atoms with E-state index in [0.717, 1.165) is 60.7 Å². The molecule has 3 aromatic carbocycles. The van der Waals surface area contributed by atoms with Gasteiger partial charge >= 0.3 is 0 Å². The monoisotopic (exact) mass is 417 g/mol. The van der Waals surface area contributed by atoms with E-state index in [1.807, 2.05) is 43.3 Å². The quantitative estimate of drug-likeness (QED) is 0.686. The van der Waals surface area contributed by atoms with E-state index in [9.17, 15) is 4.79 Å². The lowest BCUT2D eigenvalue weighted by atomic mass is 10.1. The van der Waals surface area contributed by atoms with E-state index < -0.39 is 0 Å². The van der Waals surface area contributed by atoms with Crippen molar-refractivity contribution in [2.75, 3.05) is 38.3 Å². The lowest BCUT2D eigenvalue weighted by Gasteiger charge is -2.37. The maximum Gasteiger partial charge on any atom is 0.241 e. The first-order valence-corrected chi connectivity index (χ1v) is 10.8. The third-order valence-electron chi connectivity index (χ3n) is 6.22. The summed E-state index contributed by atoms with van der Waals surface area (Å²) in [5.74, 6) is 1.69. The highest BCUT2D eigenvalue weighted by Gasteiger charge is 2.26. The molecule has 5 rings (SSSR count). The van der Waals surface area contributed by atoms with Crippen molar-refractivity contribution >= 4 is 22.4 Å². The lowest BCUT2D eigenvalue weighted by Crippen LogP contribution is -2.52. The van der Waals surface area contributed by atoms with E-state index in [-0.39, 0.29) is 11.9 Å². The van der Waals surface area contributed by atoms with Crippen LogP contribution in [0.15, 0.2) is 60.7 Å². The van der Waals surface area contributed by atoms with Gasteiger partial charge in [-0.05, 0) is 36.1 Å². The Balaban J connectivity index is 1.17. The first-order chi connectivity index (χ1) is 15.2. The predicted molar refractivity (Wildman–Crippen MR) is 121 cm³/mol. The van der Waals surface area contributed by atoms with E-state index in [0.29, 0.717) is 6.79 Å². The fraction of sp³-hybridized carbons (Fsp3) is 0.320. The van der Waals surface area contributed by atoms with Crippen molar-refractivity contribution < 1.29 is 14.3 Å². The first kappa shape index (κ1) is 19.8. The number of carbonyl (C=O) groups is 1. The van der Waals surface area contributed by atoms with Crippen molar-refractivity contribution in [1.82, 2.24) is 9.80 Å². The number of benzene rings is 3. The summed E-state index contributed by atoms with van der Waals surface area (Å²) in [5, 5.41) is 5.34. The van der Waals surface area contributed by atoms with E-state index in [1.54, 1.807) is 0 Å². The Morgan fingerprint density at radius 1 is 0.968 bits per heavy atom. The van der Waals surface area contributed by atoms with Crippen LogP contribution in [0.3, 0.4) is 0 Å². The van der Waals surface area contributed by atoms with Crippen molar-refractivity contribution in [3.05, 3.63) is 66.2 Å². The van der Waals surface area contributed by atoms with Crippen LogP contribution in [0.2, 0.25) is 0 Å². The summed E-state index contributed by atoms with van der Waals surface area (Å²) in [7, 11) is 0. The Hall–Kier alpha value is -3.09. The second-order valence-electron chi connectivity index (χ2n) is 8.19. The highest BCUT2D eigenvalue weighted by Crippen LogP contribution is 2.33. The van der Waals surface area contributed by atoms with Gasteiger partial charge in [0, 0.05) is 43.8 Å². The number of hydrogen-bond acceptors (Lipinski definition) is 5. The van der Waals surface area contributed by atoms with Gasteiger partial charge in [0.05, 0.1) is 6.04 Å². The van der Waals surface area contributed by atoms with E-state index in [4.69, 9.17) is 9.47 Å². The molecule has 0 saturated carbocycles. The minimum Gasteiger partial charge on any atom is -0.454 e. The van der Waals surface area contributed by atoms with Crippen LogP contribution >= 0.6 is 0 Å². The predicted octanol–water partition coefficient (Wildman–Crippen LogP) is 3.71. The van der Waals surface area contributed by atoms with Crippen molar-refractivity contribution in [3.63, 3.8) is 0 Å². The van der Waals surface area contributed by atoms with Gasteiger partial charge in [-0.1, -0.05) is 42.5 Å². The summed E-state index contributed by atoms with van der Waals surface area (Å²) in [6, 6.07) is 20.1. The fourth-order valence-electron chi connectivity index (χ4n) is 4.34. The van der Waals surface area contributed by atoms with Crippen LogP contribution in [0.1, 0.15) is 12.5 Å². The second kappa shape index (κ2) is 8.57. The number of ether oxygens (including phenoxy) is 2. The normalized spacial score (nSPS) is 17.6. The number of carbonyl (C=O) groups excluding carboxylic acids is 1. The van der Waals surface area contributed by atoms with E-state index in [2.05, 4.69) is 39.4 Å². The minimum absolute atomic E-state index is 0.0422. The maximum atomic E-state index is 12.9. The smallest absolute Gasteiger partial charge is 0.241 e. The van der Waals surface area contributed by atoms with Gasteiger partial charge < -0.3 is 14.8 Å². The van der Waals surface area contributed by atoms with Crippen LogP contribution in [0.4, 0.5) is 5.69 Å². The molecule has 0 spiro atoms. The van der Waals surface area contributed by atoms with Gasteiger partial charge in [-0.3, -0.25) is 14.6 Å². The number of hydrogen-bond donors (Lipinski definition) is 1. The minimum atomic E-state index is -0.174. The number of nitrogens with zero attached hydrogens (tertiary/aromatic N) is 2. The molecule has 0 radical (unpaired) electrons. The van der Waals surface area contributed by atoms with Crippen LogP contribution in [0.5, 0.6) is 11.5 Å². The Kier molecular flexibility index (Phi) is 5.49. The zero-order valence-electron chi connectivity index (χ0n) is 17.7. The number of fused-ring (bicyclic) bond motifs is 2. The highest BCUT2D eigenvalue weighted by molar-refractivity contribution is 6.03. The summed E-state index contributed by atoms with van der Waals surface area (Å²) in [6.45, 7) is 6.77. The van der Waals surface area contributed by atoms with E-state index in [1.165, 1.54) is 5.56 Å². The van der Waals surface area contributed by atoms with Crippen molar-refractivity contribution in [1.29, 1.82) is 0 Å². The Morgan fingerprint density at radius 2 is 1.74 bits per heavy atom. The van der Waals surface area contributed by atoms with Crippen LogP contribution in [-0.4, -0.2) is 54.7 Å². The average Bonchev–Trinajstić information content (AvgIpc) is 3.27. The summed E-state index contributed by atoms with van der Waals surface area (Å²) in [5.41, 5.74) is 2.09. The molecule has 1 saturated heterocycles. The van der Waals surface area contributed by atoms with E-state index >= 15 is 0 Å². The van der Waals surface area contributed by atoms with Crippen molar-refractivity contribution in [2.45, 2.75) is 19.5 Å². The van der Waals surface area contributed by atoms with Gasteiger partial charge in [-0.2, -0.15) is 0 Å². The molecule has 1 unspecified atom stereocenters. The highest BCUT2D eigenvalue weighted by atomic mass is 16.7. The Bertz CT molecular complexity index is 1090. The van der Waals surface area contributed by atoms with Gasteiger partial charge in [-0.25, -0.2) is 0 Å². The number of amides is 1. The molecular formula is C25H27N3O3. The van der Waals surface area contributed by atoms with Gasteiger partial charge in [0.15, 0.2) is 11.5 Å². The summed E-state index contributed by atoms with van der Waals surface area (Å²) < 4.78 is 10.9. The SMILES string of the molecule is CC(C(=O)Nc1cccc2ccccc12)N1CCN(Cc2ccc3c(c2)OCO3)CC1. The van der Waals surface area contributed by atoms with Gasteiger partial charge in [0.2, 0.25) is 12.7 Å². The molecule has 2 aliphatic heterocycles.